The molecule has 0 spiro atoms. The summed E-state index contributed by atoms with van der Waals surface area (Å²) in [6.07, 6.45) is -5.35. The van der Waals surface area contributed by atoms with Crippen molar-refractivity contribution in [3.63, 3.8) is 0 Å². The van der Waals surface area contributed by atoms with Crippen LogP contribution in [0.1, 0.15) is 19.4 Å². The van der Waals surface area contributed by atoms with Crippen LogP contribution in [0.5, 0.6) is 0 Å². The molecule has 0 aromatic heterocycles. The fourth-order valence-corrected chi connectivity index (χ4v) is 4.08. The van der Waals surface area contributed by atoms with Gasteiger partial charge >= 0.3 is 11.9 Å². The van der Waals surface area contributed by atoms with Crippen LogP contribution in [0.2, 0.25) is 0 Å². The molecule has 9 nitrogen and oxygen atoms in total. The largest absolute Gasteiger partial charge is 0.456 e. The van der Waals surface area contributed by atoms with Crippen LogP contribution in [-0.4, -0.2) is 57.7 Å². The fourth-order valence-electron chi connectivity index (χ4n) is 3.01. The number of fused-ring (bicyclic) bond motifs is 2. The van der Waals surface area contributed by atoms with Gasteiger partial charge in [0.05, 0.1) is 11.5 Å². The minimum Gasteiger partial charge on any atom is -0.456 e. The van der Waals surface area contributed by atoms with Gasteiger partial charge in [-0.05, 0) is 19.1 Å². The maximum absolute atomic E-state index is 12.7. The number of carbonyl (C=O) groups is 2. The molecule has 2 fully saturated rings. The van der Waals surface area contributed by atoms with Crippen molar-refractivity contribution in [2.75, 3.05) is 6.61 Å². The highest BCUT2D eigenvalue weighted by atomic mass is 32.2. The summed E-state index contributed by atoms with van der Waals surface area (Å²) in [7, 11) is -4.21. The number of hydrogen-bond donors (Lipinski definition) is 0. The number of aryl methyl sites for hydroxylation is 1. The first kappa shape index (κ1) is 19.7. The zero-order valence-corrected chi connectivity index (χ0v) is 15.8. The van der Waals surface area contributed by atoms with Crippen molar-refractivity contribution in [3.05, 3.63) is 29.8 Å². The van der Waals surface area contributed by atoms with Gasteiger partial charge in [-0.15, -0.1) is 0 Å². The van der Waals surface area contributed by atoms with E-state index in [4.69, 9.17) is 23.1 Å². The highest BCUT2D eigenvalue weighted by Crippen LogP contribution is 2.35. The molecule has 2 aliphatic rings. The maximum Gasteiger partial charge on any atom is 0.303 e. The normalized spacial score (nSPS) is 30.0. The number of carbonyl (C=O) groups excluding carboxylic acids is 2. The molecule has 3 unspecified atom stereocenters. The van der Waals surface area contributed by atoms with E-state index < -0.39 is 52.8 Å². The SMILES string of the molecule is CC(=O)OC1C(OS(=O)(=O)c2ccc(C)cc2)[C@@H]2OCC(O2)[C@H]1OC(C)=O. The number of benzene rings is 1. The minimum atomic E-state index is -4.21. The zero-order valence-electron chi connectivity index (χ0n) is 15.0. The van der Waals surface area contributed by atoms with Crippen LogP contribution >= 0.6 is 0 Å². The van der Waals surface area contributed by atoms with Crippen molar-refractivity contribution in [1.82, 2.24) is 0 Å². The molecule has 2 bridgehead atoms. The first-order valence-electron chi connectivity index (χ1n) is 8.29. The summed E-state index contributed by atoms with van der Waals surface area (Å²) in [5, 5.41) is 0. The smallest absolute Gasteiger partial charge is 0.303 e. The molecule has 0 radical (unpaired) electrons. The Morgan fingerprint density at radius 3 is 2.19 bits per heavy atom. The molecule has 2 aliphatic heterocycles. The van der Waals surface area contributed by atoms with E-state index in [2.05, 4.69) is 0 Å². The Kier molecular flexibility index (Phi) is 5.52. The molecule has 1 aromatic rings. The summed E-state index contributed by atoms with van der Waals surface area (Å²) >= 11 is 0. The molecule has 27 heavy (non-hydrogen) atoms. The van der Waals surface area contributed by atoms with Gasteiger partial charge in [-0.25, -0.2) is 0 Å². The summed E-state index contributed by atoms with van der Waals surface area (Å²) in [5.74, 6) is -1.31. The molecule has 5 atom stereocenters. The molecule has 0 N–H and O–H groups in total. The number of esters is 2. The molecule has 0 amide bonds. The Morgan fingerprint density at radius 1 is 1.00 bits per heavy atom. The Labute approximate surface area is 156 Å². The van der Waals surface area contributed by atoms with Crippen molar-refractivity contribution >= 4 is 22.1 Å². The number of ether oxygens (including phenoxy) is 4. The number of rotatable bonds is 5. The third kappa shape index (κ3) is 4.29. The second kappa shape index (κ2) is 7.55. The van der Waals surface area contributed by atoms with E-state index in [0.29, 0.717) is 0 Å². The van der Waals surface area contributed by atoms with Crippen molar-refractivity contribution in [2.45, 2.75) is 56.4 Å². The van der Waals surface area contributed by atoms with Gasteiger partial charge in [-0.1, -0.05) is 17.7 Å². The topological polar surface area (TPSA) is 114 Å². The molecule has 2 saturated heterocycles. The molecular weight excluding hydrogens is 380 g/mol. The summed E-state index contributed by atoms with van der Waals surface area (Å²) in [6.45, 7) is 4.21. The van der Waals surface area contributed by atoms with E-state index in [9.17, 15) is 18.0 Å². The molecular formula is C17H20O9S. The summed E-state index contributed by atoms with van der Waals surface area (Å²) in [5.41, 5.74) is 0.879. The van der Waals surface area contributed by atoms with E-state index >= 15 is 0 Å². The summed E-state index contributed by atoms with van der Waals surface area (Å²) in [4.78, 5) is 22.9. The predicted molar refractivity (Wildman–Crippen MR) is 89.0 cm³/mol. The van der Waals surface area contributed by atoms with Crippen LogP contribution in [0.15, 0.2) is 29.2 Å². The minimum absolute atomic E-state index is 0.0464. The average Bonchev–Trinajstić information content (AvgIpc) is 3.01. The molecule has 2 heterocycles. The van der Waals surface area contributed by atoms with Crippen molar-refractivity contribution in [1.29, 1.82) is 0 Å². The van der Waals surface area contributed by atoms with E-state index in [0.717, 1.165) is 12.5 Å². The lowest BCUT2D eigenvalue weighted by Gasteiger charge is -2.38. The predicted octanol–water partition coefficient (Wildman–Crippen LogP) is 0.687. The van der Waals surface area contributed by atoms with Crippen LogP contribution in [0.4, 0.5) is 0 Å². The Morgan fingerprint density at radius 2 is 1.59 bits per heavy atom. The van der Waals surface area contributed by atoms with Crippen LogP contribution in [0.25, 0.3) is 0 Å². The molecule has 1 aromatic carbocycles. The lowest BCUT2D eigenvalue weighted by atomic mass is 10.0. The van der Waals surface area contributed by atoms with Crippen LogP contribution in [0, 0.1) is 6.92 Å². The summed E-state index contributed by atoms with van der Waals surface area (Å²) < 4.78 is 52.1. The maximum atomic E-state index is 12.7. The van der Waals surface area contributed by atoms with Crippen molar-refractivity contribution < 1.29 is 41.1 Å². The second-order valence-corrected chi connectivity index (χ2v) is 7.92. The Hall–Kier alpha value is -2.01. The Balaban J connectivity index is 1.91. The summed E-state index contributed by atoms with van der Waals surface area (Å²) in [6, 6.07) is 6.05. The molecule has 148 valence electrons. The first-order valence-corrected chi connectivity index (χ1v) is 9.69. The number of hydrogen-bond acceptors (Lipinski definition) is 9. The van der Waals surface area contributed by atoms with Gasteiger partial charge in [0.15, 0.2) is 24.6 Å². The van der Waals surface area contributed by atoms with Gasteiger partial charge in [0.1, 0.15) is 6.10 Å². The molecule has 10 heteroatoms. The van der Waals surface area contributed by atoms with E-state index in [1.54, 1.807) is 12.1 Å². The van der Waals surface area contributed by atoms with E-state index in [1.165, 1.54) is 19.1 Å². The van der Waals surface area contributed by atoms with E-state index in [-0.39, 0.29) is 11.5 Å². The highest BCUT2D eigenvalue weighted by molar-refractivity contribution is 7.86. The van der Waals surface area contributed by atoms with Crippen molar-refractivity contribution in [2.24, 2.45) is 0 Å². The van der Waals surface area contributed by atoms with Gasteiger partial charge in [-0.3, -0.25) is 13.8 Å². The lowest BCUT2D eigenvalue weighted by Crippen LogP contribution is -2.58. The average molecular weight is 400 g/mol. The quantitative estimate of drug-likeness (QED) is 0.520. The van der Waals surface area contributed by atoms with Crippen LogP contribution in [-0.2, 0) is 42.8 Å². The van der Waals surface area contributed by atoms with Crippen LogP contribution in [0.3, 0.4) is 0 Å². The van der Waals surface area contributed by atoms with Gasteiger partial charge in [0.2, 0.25) is 0 Å². The fraction of sp³-hybridized carbons (Fsp3) is 0.529. The highest BCUT2D eigenvalue weighted by Gasteiger charge is 2.56. The van der Waals surface area contributed by atoms with Gasteiger partial charge < -0.3 is 18.9 Å². The van der Waals surface area contributed by atoms with E-state index in [1.807, 2.05) is 6.92 Å². The lowest BCUT2D eigenvalue weighted by molar-refractivity contribution is -0.236. The zero-order chi connectivity index (χ0) is 19.8. The second-order valence-electron chi connectivity index (χ2n) is 6.35. The first-order chi connectivity index (χ1) is 12.7. The van der Waals surface area contributed by atoms with Gasteiger partial charge in [-0.2, -0.15) is 8.42 Å². The monoisotopic (exact) mass is 400 g/mol. The van der Waals surface area contributed by atoms with Crippen molar-refractivity contribution in [3.8, 4) is 0 Å². The Bertz CT molecular complexity index is 817. The van der Waals surface area contributed by atoms with Gasteiger partial charge in [0.25, 0.3) is 10.1 Å². The molecule has 0 saturated carbocycles. The molecule has 0 aliphatic carbocycles. The molecule has 3 rings (SSSR count). The van der Waals surface area contributed by atoms with Gasteiger partial charge in [0, 0.05) is 13.8 Å². The van der Waals surface area contributed by atoms with Crippen LogP contribution < -0.4 is 0 Å². The standard InChI is InChI=1S/C17H20O9S/c1-9-4-6-12(7-5-9)27(20,21)26-16-15(24-11(3)19)14(23-10(2)18)13-8-22-17(16)25-13/h4-7,13-17H,8H2,1-3H3/t13?,14-,15?,16?,17-/m1/s1. The third-order valence-corrected chi connectivity index (χ3v) is 5.49. The third-order valence-electron chi connectivity index (χ3n) is 4.17.